The Morgan fingerprint density at radius 3 is 2.55 bits per heavy atom. The standard InChI is InChI=1S/C17H25ClFN/c1-4-20-16(12-7-9-17(2,3)10-8-12)14-6-5-13(18)11-15(14)19/h5-6,11-12,16,20H,4,7-10H2,1-3H3. The van der Waals surface area contributed by atoms with Crippen LogP contribution in [0.1, 0.15) is 58.1 Å². The zero-order valence-electron chi connectivity index (χ0n) is 12.7. The monoisotopic (exact) mass is 297 g/mol. The summed E-state index contributed by atoms with van der Waals surface area (Å²) < 4.78 is 14.2. The van der Waals surface area contributed by atoms with Crippen LogP contribution in [0.4, 0.5) is 4.39 Å². The van der Waals surface area contributed by atoms with E-state index in [1.807, 2.05) is 6.07 Å². The van der Waals surface area contributed by atoms with Gasteiger partial charge in [-0.2, -0.15) is 0 Å². The second-order valence-corrected chi connectivity index (χ2v) is 7.14. The zero-order chi connectivity index (χ0) is 14.8. The van der Waals surface area contributed by atoms with E-state index in [4.69, 9.17) is 11.6 Å². The first-order valence-electron chi connectivity index (χ1n) is 7.61. The van der Waals surface area contributed by atoms with Crippen molar-refractivity contribution >= 4 is 11.6 Å². The number of hydrogen-bond acceptors (Lipinski definition) is 1. The molecule has 0 aliphatic heterocycles. The van der Waals surface area contributed by atoms with E-state index in [2.05, 4.69) is 26.1 Å². The predicted molar refractivity (Wildman–Crippen MR) is 83.6 cm³/mol. The van der Waals surface area contributed by atoms with Gasteiger partial charge in [-0.15, -0.1) is 0 Å². The fourth-order valence-corrected chi connectivity index (χ4v) is 3.42. The topological polar surface area (TPSA) is 12.0 Å². The summed E-state index contributed by atoms with van der Waals surface area (Å²) in [4.78, 5) is 0. The molecule has 0 bridgehead atoms. The summed E-state index contributed by atoms with van der Waals surface area (Å²) in [5, 5.41) is 3.94. The molecule has 0 radical (unpaired) electrons. The molecule has 1 aromatic rings. The van der Waals surface area contributed by atoms with E-state index in [9.17, 15) is 4.39 Å². The number of halogens is 2. The van der Waals surface area contributed by atoms with Crippen LogP contribution in [0.2, 0.25) is 5.02 Å². The predicted octanol–water partition coefficient (Wildman–Crippen LogP) is 5.35. The third-order valence-electron chi connectivity index (χ3n) is 4.58. The van der Waals surface area contributed by atoms with E-state index in [1.165, 1.54) is 18.9 Å². The Kier molecular flexibility index (Phi) is 5.09. The summed E-state index contributed by atoms with van der Waals surface area (Å²) >= 11 is 5.86. The lowest BCUT2D eigenvalue weighted by Crippen LogP contribution is -2.33. The van der Waals surface area contributed by atoms with Crippen molar-refractivity contribution in [1.29, 1.82) is 0 Å². The van der Waals surface area contributed by atoms with Gasteiger partial charge in [0.05, 0.1) is 0 Å². The molecular formula is C17H25ClFN. The maximum Gasteiger partial charge on any atom is 0.129 e. The fraction of sp³-hybridized carbons (Fsp3) is 0.647. The van der Waals surface area contributed by atoms with Crippen LogP contribution in [0, 0.1) is 17.2 Å². The zero-order valence-corrected chi connectivity index (χ0v) is 13.4. The summed E-state index contributed by atoms with van der Waals surface area (Å²) in [6, 6.07) is 5.16. The number of benzene rings is 1. The van der Waals surface area contributed by atoms with Gasteiger partial charge >= 0.3 is 0 Å². The first kappa shape index (κ1) is 15.8. The maximum atomic E-state index is 14.2. The molecule has 1 aliphatic rings. The highest BCUT2D eigenvalue weighted by Crippen LogP contribution is 2.43. The van der Waals surface area contributed by atoms with Crippen molar-refractivity contribution in [3.05, 3.63) is 34.6 Å². The fourth-order valence-electron chi connectivity index (χ4n) is 3.26. The van der Waals surface area contributed by atoms with Gasteiger partial charge in [-0.1, -0.05) is 38.4 Å². The number of nitrogens with one attached hydrogen (secondary N) is 1. The molecule has 0 amide bonds. The van der Waals surface area contributed by atoms with Crippen molar-refractivity contribution < 1.29 is 4.39 Å². The van der Waals surface area contributed by atoms with Gasteiger partial charge < -0.3 is 5.32 Å². The van der Waals surface area contributed by atoms with Crippen molar-refractivity contribution in [3.63, 3.8) is 0 Å². The van der Waals surface area contributed by atoms with Crippen LogP contribution >= 0.6 is 11.6 Å². The normalized spacial score (nSPS) is 20.9. The van der Waals surface area contributed by atoms with E-state index in [1.54, 1.807) is 6.07 Å². The second-order valence-electron chi connectivity index (χ2n) is 6.70. The molecule has 1 nitrogen and oxygen atoms in total. The van der Waals surface area contributed by atoms with Crippen LogP contribution in [0.15, 0.2) is 18.2 Å². The van der Waals surface area contributed by atoms with Crippen LogP contribution in [-0.2, 0) is 0 Å². The summed E-state index contributed by atoms with van der Waals surface area (Å²) in [7, 11) is 0. The van der Waals surface area contributed by atoms with E-state index >= 15 is 0 Å². The molecule has 1 fully saturated rings. The average Bonchev–Trinajstić information content (AvgIpc) is 2.37. The van der Waals surface area contributed by atoms with Crippen molar-refractivity contribution in [1.82, 2.24) is 5.32 Å². The van der Waals surface area contributed by atoms with Gasteiger partial charge in [0.15, 0.2) is 0 Å². The quantitative estimate of drug-likeness (QED) is 0.790. The average molecular weight is 298 g/mol. The van der Waals surface area contributed by atoms with Crippen LogP contribution in [0.3, 0.4) is 0 Å². The third-order valence-corrected chi connectivity index (χ3v) is 4.81. The molecule has 1 aromatic carbocycles. The molecule has 3 heteroatoms. The van der Waals surface area contributed by atoms with Gasteiger partial charge in [-0.25, -0.2) is 4.39 Å². The molecule has 1 atom stereocenters. The molecule has 1 aliphatic carbocycles. The minimum atomic E-state index is -0.187. The molecule has 20 heavy (non-hydrogen) atoms. The van der Waals surface area contributed by atoms with Gasteiger partial charge in [0.2, 0.25) is 0 Å². The third kappa shape index (κ3) is 3.73. The van der Waals surface area contributed by atoms with Crippen LogP contribution < -0.4 is 5.32 Å². The minimum Gasteiger partial charge on any atom is -0.310 e. The van der Waals surface area contributed by atoms with Crippen LogP contribution in [0.25, 0.3) is 0 Å². The highest BCUT2D eigenvalue weighted by Gasteiger charge is 2.32. The van der Waals surface area contributed by atoms with Crippen molar-refractivity contribution in [2.45, 2.75) is 52.5 Å². The first-order valence-corrected chi connectivity index (χ1v) is 7.99. The van der Waals surface area contributed by atoms with Gasteiger partial charge in [0.25, 0.3) is 0 Å². The molecule has 0 heterocycles. The smallest absolute Gasteiger partial charge is 0.129 e. The largest absolute Gasteiger partial charge is 0.310 e. The van der Waals surface area contributed by atoms with Crippen LogP contribution in [-0.4, -0.2) is 6.54 Å². The molecule has 112 valence electrons. The van der Waals surface area contributed by atoms with Gasteiger partial charge in [-0.05, 0) is 55.7 Å². The minimum absolute atomic E-state index is 0.105. The van der Waals surface area contributed by atoms with Gasteiger partial charge in [0, 0.05) is 16.6 Å². The Hall–Kier alpha value is -0.600. The van der Waals surface area contributed by atoms with Gasteiger partial charge in [-0.3, -0.25) is 0 Å². The Morgan fingerprint density at radius 2 is 2.00 bits per heavy atom. The van der Waals surface area contributed by atoms with Gasteiger partial charge in [0.1, 0.15) is 5.82 Å². The first-order chi connectivity index (χ1) is 9.43. The number of hydrogen-bond donors (Lipinski definition) is 1. The molecule has 1 unspecified atom stereocenters. The lowest BCUT2D eigenvalue weighted by Gasteiger charge is -2.38. The summed E-state index contributed by atoms with van der Waals surface area (Å²) in [5.41, 5.74) is 1.20. The Labute approximate surface area is 126 Å². The summed E-state index contributed by atoms with van der Waals surface area (Å²) in [5.74, 6) is 0.326. The lowest BCUT2D eigenvalue weighted by atomic mass is 9.70. The molecular weight excluding hydrogens is 273 g/mol. The summed E-state index contributed by atoms with van der Waals surface area (Å²) in [6.07, 6.45) is 4.75. The van der Waals surface area contributed by atoms with E-state index < -0.39 is 0 Å². The summed E-state index contributed by atoms with van der Waals surface area (Å²) in [6.45, 7) is 7.59. The highest BCUT2D eigenvalue weighted by molar-refractivity contribution is 6.30. The Balaban J connectivity index is 2.19. The highest BCUT2D eigenvalue weighted by atomic mass is 35.5. The number of rotatable bonds is 4. The maximum absolute atomic E-state index is 14.2. The van der Waals surface area contributed by atoms with E-state index in [0.29, 0.717) is 16.4 Å². The Bertz CT molecular complexity index is 448. The molecule has 1 N–H and O–H groups in total. The second kappa shape index (κ2) is 6.44. The molecule has 1 saturated carbocycles. The molecule has 2 rings (SSSR count). The molecule has 0 aromatic heterocycles. The van der Waals surface area contributed by atoms with Crippen molar-refractivity contribution in [3.8, 4) is 0 Å². The van der Waals surface area contributed by atoms with Crippen molar-refractivity contribution in [2.75, 3.05) is 6.54 Å². The molecule has 0 spiro atoms. The lowest BCUT2D eigenvalue weighted by molar-refractivity contribution is 0.160. The van der Waals surface area contributed by atoms with E-state index in [0.717, 1.165) is 24.9 Å². The van der Waals surface area contributed by atoms with E-state index in [-0.39, 0.29) is 11.9 Å². The van der Waals surface area contributed by atoms with Crippen molar-refractivity contribution in [2.24, 2.45) is 11.3 Å². The van der Waals surface area contributed by atoms with Crippen LogP contribution in [0.5, 0.6) is 0 Å². The SMILES string of the molecule is CCNC(c1ccc(Cl)cc1F)C1CCC(C)(C)CC1. The Morgan fingerprint density at radius 1 is 1.35 bits per heavy atom. The molecule has 0 saturated heterocycles.